The molecular weight excluding hydrogens is 336 g/mol. The second-order valence-corrected chi connectivity index (χ2v) is 10.1. The highest BCUT2D eigenvalue weighted by atomic mass is 16.8. The minimum atomic E-state index is -0.249. The third-order valence-corrected chi connectivity index (χ3v) is 8.60. The number of aliphatic hydroxyl groups excluding tert-OH is 1. The lowest BCUT2D eigenvalue weighted by molar-refractivity contribution is -0.192. The highest BCUT2D eigenvalue weighted by Gasteiger charge is 2.64. The van der Waals surface area contributed by atoms with Crippen LogP contribution in [-0.4, -0.2) is 41.7 Å². The number of hydrogen-bond acceptors (Lipinski definition) is 2. The number of aliphatic hydroxyl groups is 1. The summed E-state index contributed by atoms with van der Waals surface area (Å²) in [5.74, 6) is 2.48. The molecule has 0 bridgehead atoms. The summed E-state index contributed by atoms with van der Waals surface area (Å²) in [4.78, 5) is 0. The molecule has 0 aromatic heterocycles. The van der Waals surface area contributed by atoms with Gasteiger partial charge in [-0.25, -0.2) is 0 Å². The Morgan fingerprint density at radius 1 is 0.667 bits per heavy atom. The van der Waals surface area contributed by atoms with E-state index in [1.165, 1.54) is 64.2 Å². The van der Waals surface area contributed by atoms with E-state index >= 15 is 0 Å². The van der Waals surface area contributed by atoms with Crippen molar-refractivity contribution in [2.24, 2.45) is 17.8 Å². The van der Waals surface area contributed by atoms with Gasteiger partial charge in [0.1, 0.15) is 6.10 Å². The van der Waals surface area contributed by atoms with Gasteiger partial charge >= 0.3 is 0 Å². The van der Waals surface area contributed by atoms with E-state index in [2.05, 4.69) is 25.1 Å². The van der Waals surface area contributed by atoms with Crippen molar-refractivity contribution in [1.82, 2.24) is 0 Å². The van der Waals surface area contributed by atoms with Crippen molar-refractivity contribution in [3.8, 4) is 0 Å². The Bertz CT molecular complexity index is 480. The van der Waals surface area contributed by atoms with Crippen LogP contribution in [0, 0.1) is 17.8 Å². The first-order chi connectivity index (χ1) is 13.1. The van der Waals surface area contributed by atoms with E-state index in [4.69, 9.17) is 4.74 Å². The molecule has 3 heteroatoms. The van der Waals surface area contributed by atoms with E-state index in [9.17, 15) is 5.11 Å². The molecule has 1 N–H and O–H groups in total. The molecule has 0 spiro atoms. The topological polar surface area (TPSA) is 32.2 Å². The molecule has 3 nitrogen and oxygen atoms in total. The van der Waals surface area contributed by atoms with Gasteiger partial charge in [0.2, 0.25) is 12.2 Å². The molecule has 0 aromatic rings. The molecule has 0 aromatic carbocycles. The molecule has 4 rings (SSSR count). The lowest BCUT2D eigenvalue weighted by atomic mass is 9.81. The molecule has 3 saturated carbocycles. The molecule has 4 fully saturated rings. The second-order valence-electron chi connectivity index (χ2n) is 10.1. The minimum absolute atomic E-state index is 0.0674. The van der Waals surface area contributed by atoms with Gasteiger partial charge in [-0.1, -0.05) is 40.0 Å². The van der Waals surface area contributed by atoms with Gasteiger partial charge in [-0.2, -0.15) is 0 Å². The summed E-state index contributed by atoms with van der Waals surface area (Å²) in [5.41, 5.74) is 0. The quantitative estimate of drug-likeness (QED) is 0.495. The fourth-order valence-corrected chi connectivity index (χ4v) is 6.52. The molecular formula is C24H43O3+. The predicted octanol–water partition coefficient (Wildman–Crippen LogP) is 5.40. The van der Waals surface area contributed by atoms with Gasteiger partial charge in [0.15, 0.2) is 6.10 Å². The van der Waals surface area contributed by atoms with Crippen molar-refractivity contribution in [1.29, 1.82) is 0 Å². The summed E-state index contributed by atoms with van der Waals surface area (Å²) in [6, 6.07) is 0. The zero-order valence-corrected chi connectivity index (χ0v) is 17.9. The van der Waals surface area contributed by atoms with E-state index < -0.39 is 0 Å². The van der Waals surface area contributed by atoms with E-state index in [-0.39, 0.29) is 12.2 Å². The van der Waals surface area contributed by atoms with Crippen LogP contribution in [0.3, 0.4) is 0 Å². The Morgan fingerprint density at radius 2 is 1.22 bits per heavy atom. The summed E-state index contributed by atoms with van der Waals surface area (Å²) < 4.78 is 10.6. The molecule has 156 valence electrons. The van der Waals surface area contributed by atoms with Crippen molar-refractivity contribution in [3.05, 3.63) is 0 Å². The summed E-state index contributed by atoms with van der Waals surface area (Å²) in [5, 5.41) is 10.6. The molecule has 0 amide bonds. The van der Waals surface area contributed by atoms with E-state index in [0.29, 0.717) is 12.2 Å². The zero-order chi connectivity index (χ0) is 19.0. The lowest BCUT2D eigenvalue weighted by Crippen LogP contribution is -2.45. The first kappa shape index (κ1) is 20.2. The number of fused-ring (bicyclic) bond motifs is 1. The van der Waals surface area contributed by atoms with Gasteiger partial charge in [-0.3, -0.25) is 0 Å². The van der Waals surface area contributed by atoms with Gasteiger partial charge in [-0.15, -0.1) is 0 Å². The smallest absolute Gasteiger partial charge is 0.229 e. The maximum Gasteiger partial charge on any atom is 0.229 e. The van der Waals surface area contributed by atoms with Crippen LogP contribution in [-0.2, 0) is 9.10 Å². The normalized spacial score (nSPS) is 48.2. The van der Waals surface area contributed by atoms with Crippen molar-refractivity contribution in [3.63, 3.8) is 0 Å². The minimum Gasteiger partial charge on any atom is -0.401 e. The summed E-state index contributed by atoms with van der Waals surface area (Å²) in [6.07, 6.45) is 17.2. The monoisotopic (exact) mass is 379 g/mol. The number of rotatable bonds is 6. The second kappa shape index (κ2) is 8.71. The van der Waals surface area contributed by atoms with E-state index in [1.54, 1.807) is 0 Å². The van der Waals surface area contributed by atoms with Gasteiger partial charge in [-0.05, 0) is 56.3 Å². The van der Waals surface area contributed by atoms with Crippen LogP contribution in [0.15, 0.2) is 0 Å². The zero-order valence-electron chi connectivity index (χ0n) is 17.9. The van der Waals surface area contributed by atoms with Crippen molar-refractivity contribution < 1.29 is 14.2 Å². The first-order valence-electron chi connectivity index (χ1n) is 12.2. The highest BCUT2D eigenvalue weighted by Crippen LogP contribution is 2.53. The maximum absolute atomic E-state index is 10.6. The maximum atomic E-state index is 10.6. The Kier molecular flexibility index (Phi) is 6.51. The van der Waals surface area contributed by atoms with Crippen LogP contribution in [0.2, 0.25) is 0 Å². The molecule has 27 heavy (non-hydrogen) atoms. The average molecular weight is 380 g/mol. The van der Waals surface area contributed by atoms with E-state index in [0.717, 1.165) is 42.8 Å². The number of ether oxygens (including phenoxy) is 1. The standard InChI is InChI=1S/C24H43O3/c1-4-16-7-10-19(25)20(13-16)26-21-14-17(5-2)8-11-22(21)27-23-12-9-18(6-3)15-24(23)27/h16-25H,4-15H2,1-3H3/q+1. The van der Waals surface area contributed by atoms with E-state index in [1.807, 2.05) is 0 Å². The molecule has 1 aliphatic heterocycles. The summed E-state index contributed by atoms with van der Waals surface area (Å²) in [7, 11) is 0. The van der Waals surface area contributed by atoms with Gasteiger partial charge < -0.3 is 14.2 Å². The molecule has 9 unspecified atom stereocenters. The van der Waals surface area contributed by atoms with Crippen molar-refractivity contribution in [2.75, 3.05) is 0 Å². The van der Waals surface area contributed by atoms with Crippen LogP contribution in [0.1, 0.15) is 97.8 Å². The van der Waals surface area contributed by atoms with Gasteiger partial charge in [0, 0.05) is 19.3 Å². The average Bonchev–Trinajstić information content (AvgIpc) is 3.42. The third kappa shape index (κ3) is 4.26. The summed E-state index contributed by atoms with van der Waals surface area (Å²) >= 11 is 0. The summed E-state index contributed by atoms with van der Waals surface area (Å²) in [6.45, 7) is 6.98. The van der Waals surface area contributed by atoms with Gasteiger partial charge in [0.05, 0.1) is 12.2 Å². The Balaban J connectivity index is 1.42. The molecule has 4 aliphatic rings. The van der Waals surface area contributed by atoms with Gasteiger partial charge in [0.25, 0.3) is 0 Å². The number of hydrogen-bond donors (Lipinski definition) is 1. The van der Waals surface area contributed by atoms with Crippen LogP contribution < -0.4 is 0 Å². The lowest BCUT2D eigenvalue weighted by Gasteiger charge is -2.39. The van der Waals surface area contributed by atoms with Crippen molar-refractivity contribution in [2.45, 2.75) is 134 Å². The van der Waals surface area contributed by atoms with Crippen LogP contribution in [0.5, 0.6) is 0 Å². The molecule has 0 radical (unpaired) electrons. The SMILES string of the molecule is CCC1CCC(O)C(OC2CC(CC)CCC2[O+]2C3CCC(CC)CC32)C1. The van der Waals surface area contributed by atoms with Crippen LogP contribution in [0.25, 0.3) is 0 Å². The predicted molar refractivity (Wildman–Crippen MR) is 110 cm³/mol. The highest BCUT2D eigenvalue weighted by molar-refractivity contribution is 5.02. The van der Waals surface area contributed by atoms with Crippen LogP contribution in [0.4, 0.5) is 0 Å². The largest absolute Gasteiger partial charge is 0.401 e. The fraction of sp³-hybridized carbons (Fsp3) is 1.00. The molecule has 1 saturated heterocycles. The molecule has 3 aliphatic carbocycles. The molecule has 9 atom stereocenters. The van der Waals surface area contributed by atoms with Crippen LogP contribution >= 0.6 is 0 Å². The Labute approximate surface area is 166 Å². The number of epoxide rings is 1. The Hall–Kier alpha value is -0.120. The molecule has 1 heterocycles. The first-order valence-corrected chi connectivity index (χ1v) is 12.2. The Morgan fingerprint density at radius 3 is 1.89 bits per heavy atom. The fourth-order valence-electron chi connectivity index (χ4n) is 6.52. The van der Waals surface area contributed by atoms with Crippen molar-refractivity contribution >= 4 is 0 Å². The third-order valence-electron chi connectivity index (χ3n) is 8.60.